The largest absolute Gasteiger partial charge is 0.497 e. The highest BCUT2D eigenvalue weighted by Crippen LogP contribution is 2.41. The van der Waals surface area contributed by atoms with Crippen molar-refractivity contribution in [2.45, 2.75) is 6.54 Å². The summed E-state index contributed by atoms with van der Waals surface area (Å²) in [5.41, 5.74) is 1.65. The van der Waals surface area contributed by atoms with E-state index in [1.807, 2.05) is 24.3 Å². The van der Waals surface area contributed by atoms with Crippen LogP contribution in [0.2, 0.25) is 0 Å². The first-order valence-electron chi connectivity index (χ1n) is 10.1. The minimum Gasteiger partial charge on any atom is -0.497 e. The molecule has 2 aromatic rings. The van der Waals surface area contributed by atoms with Gasteiger partial charge in [0.2, 0.25) is 11.7 Å². The summed E-state index contributed by atoms with van der Waals surface area (Å²) in [5, 5.41) is 0. The quantitative estimate of drug-likeness (QED) is 0.606. The minimum absolute atomic E-state index is 0.0213. The molecular formula is C23H30N2O6. The van der Waals surface area contributed by atoms with E-state index in [1.54, 1.807) is 45.5 Å². The Kier molecular flexibility index (Phi) is 7.97. The van der Waals surface area contributed by atoms with Crippen LogP contribution in [0.5, 0.6) is 23.0 Å². The molecule has 2 aromatic carbocycles. The Labute approximate surface area is 183 Å². The number of rotatable bonds is 9. The van der Waals surface area contributed by atoms with Crippen molar-refractivity contribution in [2.24, 2.45) is 0 Å². The Bertz CT molecular complexity index is 840. The molecule has 0 aliphatic carbocycles. The van der Waals surface area contributed by atoms with Crippen molar-refractivity contribution in [3.8, 4) is 23.0 Å². The fourth-order valence-corrected chi connectivity index (χ4v) is 3.50. The van der Waals surface area contributed by atoms with Gasteiger partial charge in [0.1, 0.15) is 5.75 Å². The van der Waals surface area contributed by atoms with Crippen LogP contribution in [0.4, 0.5) is 5.69 Å². The molecule has 168 valence electrons. The molecule has 1 aliphatic rings. The number of methoxy groups -OCH3 is 4. The second-order valence-electron chi connectivity index (χ2n) is 7.10. The lowest BCUT2D eigenvalue weighted by Gasteiger charge is -2.30. The summed E-state index contributed by atoms with van der Waals surface area (Å²) in [6, 6.07) is 11.3. The van der Waals surface area contributed by atoms with E-state index in [0.717, 1.165) is 24.4 Å². The van der Waals surface area contributed by atoms with Crippen molar-refractivity contribution in [3.63, 3.8) is 0 Å². The second kappa shape index (κ2) is 10.9. The lowest BCUT2D eigenvalue weighted by atomic mass is 10.1. The maximum atomic E-state index is 13.4. The van der Waals surface area contributed by atoms with Crippen LogP contribution in [0.15, 0.2) is 36.4 Å². The number of ether oxygens (including phenoxy) is 5. The van der Waals surface area contributed by atoms with Gasteiger partial charge in [-0.3, -0.25) is 9.69 Å². The van der Waals surface area contributed by atoms with E-state index in [9.17, 15) is 4.79 Å². The molecule has 8 heteroatoms. The van der Waals surface area contributed by atoms with E-state index in [-0.39, 0.29) is 5.91 Å². The van der Waals surface area contributed by atoms with Crippen molar-refractivity contribution >= 4 is 11.6 Å². The van der Waals surface area contributed by atoms with E-state index in [1.165, 1.54) is 0 Å². The third-order valence-corrected chi connectivity index (χ3v) is 5.22. The monoisotopic (exact) mass is 430 g/mol. The molecule has 0 unspecified atom stereocenters. The van der Waals surface area contributed by atoms with Crippen molar-refractivity contribution in [2.75, 3.05) is 66.2 Å². The van der Waals surface area contributed by atoms with Gasteiger partial charge in [0, 0.05) is 25.2 Å². The highest BCUT2D eigenvalue weighted by Gasteiger charge is 2.24. The second-order valence-corrected chi connectivity index (χ2v) is 7.10. The maximum Gasteiger partial charge on any atom is 0.241 e. The molecule has 1 heterocycles. The molecule has 1 amide bonds. The summed E-state index contributed by atoms with van der Waals surface area (Å²) in [6.07, 6.45) is 0. The van der Waals surface area contributed by atoms with E-state index < -0.39 is 0 Å². The number of morpholine rings is 1. The van der Waals surface area contributed by atoms with E-state index in [4.69, 9.17) is 23.7 Å². The lowest BCUT2D eigenvalue weighted by Crippen LogP contribution is -2.44. The fourth-order valence-electron chi connectivity index (χ4n) is 3.50. The van der Waals surface area contributed by atoms with Gasteiger partial charge in [-0.2, -0.15) is 0 Å². The van der Waals surface area contributed by atoms with E-state index >= 15 is 0 Å². The molecule has 1 fully saturated rings. The number of hydrogen-bond acceptors (Lipinski definition) is 7. The van der Waals surface area contributed by atoms with Crippen molar-refractivity contribution in [3.05, 3.63) is 42.0 Å². The zero-order valence-electron chi connectivity index (χ0n) is 18.6. The topological polar surface area (TPSA) is 69.7 Å². The van der Waals surface area contributed by atoms with Gasteiger partial charge in [-0.1, -0.05) is 12.1 Å². The van der Waals surface area contributed by atoms with Gasteiger partial charge in [0.15, 0.2) is 11.5 Å². The Balaban J connectivity index is 1.94. The Morgan fingerprint density at radius 1 is 0.935 bits per heavy atom. The minimum atomic E-state index is -0.0213. The highest BCUT2D eigenvalue weighted by molar-refractivity contribution is 5.95. The number of benzene rings is 2. The number of hydrogen-bond donors (Lipinski definition) is 0. The number of nitrogens with zero attached hydrogens (tertiary/aromatic N) is 2. The van der Waals surface area contributed by atoms with Gasteiger partial charge in [-0.05, 0) is 17.7 Å². The van der Waals surface area contributed by atoms with Gasteiger partial charge in [0.05, 0.1) is 60.4 Å². The first-order valence-corrected chi connectivity index (χ1v) is 10.1. The fraction of sp³-hybridized carbons (Fsp3) is 0.435. The van der Waals surface area contributed by atoms with Crippen LogP contribution in [0.3, 0.4) is 0 Å². The lowest BCUT2D eigenvalue weighted by molar-refractivity contribution is -0.120. The summed E-state index contributed by atoms with van der Waals surface area (Å²) in [6.45, 7) is 3.43. The molecule has 0 spiro atoms. The summed E-state index contributed by atoms with van der Waals surface area (Å²) >= 11 is 0. The molecule has 0 radical (unpaired) electrons. The van der Waals surface area contributed by atoms with Crippen LogP contribution in [0.25, 0.3) is 0 Å². The van der Waals surface area contributed by atoms with Gasteiger partial charge >= 0.3 is 0 Å². The molecule has 0 bridgehead atoms. The predicted molar refractivity (Wildman–Crippen MR) is 118 cm³/mol. The molecule has 31 heavy (non-hydrogen) atoms. The number of carbonyl (C=O) groups excluding carboxylic acids is 1. The Morgan fingerprint density at radius 2 is 1.55 bits per heavy atom. The molecule has 1 aliphatic heterocycles. The summed E-state index contributed by atoms with van der Waals surface area (Å²) in [5.74, 6) is 2.22. The van der Waals surface area contributed by atoms with Gasteiger partial charge in [-0.15, -0.1) is 0 Å². The number of anilines is 1. The third kappa shape index (κ3) is 5.59. The van der Waals surface area contributed by atoms with Crippen LogP contribution >= 0.6 is 0 Å². The molecule has 8 nitrogen and oxygen atoms in total. The molecule has 0 atom stereocenters. The molecule has 3 rings (SSSR count). The van der Waals surface area contributed by atoms with Crippen LogP contribution in [-0.4, -0.2) is 72.1 Å². The van der Waals surface area contributed by atoms with Crippen LogP contribution < -0.4 is 23.8 Å². The first-order chi connectivity index (χ1) is 15.1. The van der Waals surface area contributed by atoms with Crippen molar-refractivity contribution in [1.29, 1.82) is 0 Å². The number of carbonyl (C=O) groups is 1. The highest BCUT2D eigenvalue weighted by atomic mass is 16.5. The first kappa shape index (κ1) is 22.7. The molecule has 0 saturated carbocycles. The zero-order chi connectivity index (χ0) is 22.2. The summed E-state index contributed by atoms with van der Waals surface area (Å²) < 4.78 is 27.1. The van der Waals surface area contributed by atoms with Crippen LogP contribution in [0, 0.1) is 0 Å². The maximum absolute atomic E-state index is 13.4. The van der Waals surface area contributed by atoms with Crippen molar-refractivity contribution < 1.29 is 28.5 Å². The number of amides is 1. The van der Waals surface area contributed by atoms with Crippen LogP contribution in [0.1, 0.15) is 5.56 Å². The predicted octanol–water partition coefficient (Wildman–Crippen LogP) is 2.59. The van der Waals surface area contributed by atoms with E-state index in [0.29, 0.717) is 49.2 Å². The van der Waals surface area contributed by atoms with Crippen molar-refractivity contribution in [1.82, 2.24) is 4.90 Å². The molecular weight excluding hydrogens is 400 g/mol. The van der Waals surface area contributed by atoms with Crippen LogP contribution in [-0.2, 0) is 16.1 Å². The van der Waals surface area contributed by atoms with Gasteiger partial charge in [-0.25, -0.2) is 0 Å². The van der Waals surface area contributed by atoms with E-state index in [2.05, 4.69) is 4.90 Å². The van der Waals surface area contributed by atoms with Gasteiger partial charge in [0.25, 0.3) is 0 Å². The van der Waals surface area contributed by atoms with Gasteiger partial charge < -0.3 is 28.6 Å². The summed E-state index contributed by atoms with van der Waals surface area (Å²) in [4.78, 5) is 17.2. The normalized spacial score (nSPS) is 14.1. The molecule has 0 N–H and O–H groups in total. The SMILES string of the molecule is COc1ccc(CN(C(=O)CN2CCOCC2)c2cc(OC)c(OC)c(OC)c2)cc1. The average molecular weight is 431 g/mol. The average Bonchev–Trinajstić information content (AvgIpc) is 2.82. The Morgan fingerprint density at radius 3 is 2.06 bits per heavy atom. The molecule has 0 aromatic heterocycles. The smallest absolute Gasteiger partial charge is 0.241 e. The Hall–Kier alpha value is -2.97. The standard InChI is InChI=1S/C23H30N2O6/c1-27-19-7-5-17(6-8-19)15-25(22(26)16-24-9-11-31-12-10-24)18-13-20(28-2)23(30-4)21(14-18)29-3/h5-8,13-14H,9-12,15-16H2,1-4H3. The zero-order valence-corrected chi connectivity index (χ0v) is 18.6. The molecule has 1 saturated heterocycles. The summed E-state index contributed by atoms with van der Waals surface area (Å²) in [7, 11) is 6.30. The third-order valence-electron chi connectivity index (χ3n) is 5.22.